The van der Waals surface area contributed by atoms with Gasteiger partial charge in [-0.3, -0.25) is 0 Å². The summed E-state index contributed by atoms with van der Waals surface area (Å²) in [4.78, 5) is 2.30. The van der Waals surface area contributed by atoms with Gasteiger partial charge in [-0.05, 0) is 49.7 Å². The van der Waals surface area contributed by atoms with E-state index in [0.29, 0.717) is 0 Å². The van der Waals surface area contributed by atoms with Crippen molar-refractivity contribution in [1.29, 1.82) is 0 Å². The van der Waals surface area contributed by atoms with E-state index in [-0.39, 0.29) is 0 Å². The molecule has 0 radical (unpaired) electrons. The van der Waals surface area contributed by atoms with E-state index < -0.39 is 0 Å². The predicted octanol–water partition coefficient (Wildman–Crippen LogP) is 4.42. The number of anilines is 1. The van der Waals surface area contributed by atoms with Gasteiger partial charge in [-0.15, -0.1) is 0 Å². The Bertz CT molecular complexity index is 623. The average molecular weight is 347 g/mol. The first-order valence-electron chi connectivity index (χ1n) is 7.21. The highest BCUT2D eigenvalue weighted by Crippen LogP contribution is 2.25. The number of nitrogens with one attached hydrogen (secondary N) is 1. The van der Waals surface area contributed by atoms with Crippen LogP contribution in [-0.4, -0.2) is 14.1 Å². The summed E-state index contributed by atoms with van der Waals surface area (Å²) in [7, 11) is 4.11. The molecule has 0 heterocycles. The molecule has 0 atom stereocenters. The van der Waals surface area contributed by atoms with Gasteiger partial charge in [0.15, 0.2) is 0 Å². The van der Waals surface area contributed by atoms with Gasteiger partial charge in [-0.1, -0.05) is 45.8 Å². The Balaban J connectivity index is 2.17. The maximum Gasteiger partial charge on any atom is 0.0437 e. The van der Waals surface area contributed by atoms with Crippen molar-refractivity contribution in [2.75, 3.05) is 19.0 Å². The van der Waals surface area contributed by atoms with Crippen LogP contribution >= 0.6 is 15.9 Å². The zero-order chi connectivity index (χ0) is 15.4. The fourth-order valence-electron chi connectivity index (χ4n) is 2.61. The largest absolute Gasteiger partial charge is 0.370 e. The lowest BCUT2D eigenvalue weighted by atomic mass is 10.1. The molecule has 0 aliphatic heterocycles. The van der Waals surface area contributed by atoms with Crippen LogP contribution in [0, 0.1) is 13.8 Å². The SMILES string of the molecule is CNCc1ccc(CN(C)c2ccc(C)cc2C)c(Br)c1. The van der Waals surface area contributed by atoms with Crippen LogP contribution in [0.1, 0.15) is 22.3 Å². The molecular formula is C18H23BrN2. The minimum absolute atomic E-state index is 0.893. The van der Waals surface area contributed by atoms with E-state index in [1.807, 2.05) is 7.05 Å². The second-order valence-electron chi connectivity index (χ2n) is 5.60. The lowest BCUT2D eigenvalue weighted by Crippen LogP contribution is -2.18. The predicted molar refractivity (Wildman–Crippen MR) is 94.9 cm³/mol. The van der Waals surface area contributed by atoms with E-state index >= 15 is 0 Å². The number of aryl methyl sites for hydroxylation is 2. The van der Waals surface area contributed by atoms with Crippen molar-refractivity contribution in [2.24, 2.45) is 0 Å². The van der Waals surface area contributed by atoms with Crippen LogP contribution in [0.15, 0.2) is 40.9 Å². The molecular weight excluding hydrogens is 324 g/mol. The molecule has 2 aromatic carbocycles. The first kappa shape index (κ1) is 16.1. The molecule has 0 aliphatic rings. The highest BCUT2D eigenvalue weighted by Gasteiger charge is 2.08. The number of halogens is 1. The van der Waals surface area contributed by atoms with Crippen LogP contribution in [0.5, 0.6) is 0 Å². The maximum atomic E-state index is 3.69. The molecule has 0 saturated carbocycles. The van der Waals surface area contributed by atoms with E-state index in [1.54, 1.807) is 0 Å². The summed E-state index contributed by atoms with van der Waals surface area (Å²) in [6.07, 6.45) is 0. The van der Waals surface area contributed by atoms with Crippen molar-refractivity contribution in [1.82, 2.24) is 5.32 Å². The van der Waals surface area contributed by atoms with Gasteiger partial charge in [-0.2, -0.15) is 0 Å². The molecule has 3 heteroatoms. The van der Waals surface area contributed by atoms with E-state index in [1.165, 1.54) is 32.4 Å². The molecule has 21 heavy (non-hydrogen) atoms. The fourth-order valence-corrected chi connectivity index (χ4v) is 3.16. The number of benzene rings is 2. The Labute approximate surface area is 136 Å². The van der Waals surface area contributed by atoms with Crippen LogP contribution in [0.25, 0.3) is 0 Å². The Hall–Kier alpha value is -1.32. The van der Waals surface area contributed by atoms with E-state index in [2.05, 4.69) is 83.4 Å². The molecule has 0 aliphatic carbocycles. The molecule has 2 rings (SSSR count). The second kappa shape index (κ2) is 7.10. The van der Waals surface area contributed by atoms with Crippen molar-refractivity contribution in [2.45, 2.75) is 26.9 Å². The summed E-state index contributed by atoms with van der Waals surface area (Å²) in [6, 6.07) is 13.2. The third-order valence-electron chi connectivity index (χ3n) is 3.67. The second-order valence-corrected chi connectivity index (χ2v) is 6.46. The Morgan fingerprint density at radius 3 is 2.48 bits per heavy atom. The third kappa shape index (κ3) is 4.08. The van der Waals surface area contributed by atoms with Crippen molar-refractivity contribution in [3.8, 4) is 0 Å². The van der Waals surface area contributed by atoms with Crippen molar-refractivity contribution in [3.05, 3.63) is 63.1 Å². The topological polar surface area (TPSA) is 15.3 Å². The van der Waals surface area contributed by atoms with Gasteiger partial charge in [0.2, 0.25) is 0 Å². The molecule has 0 amide bonds. The molecule has 2 aromatic rings. The summed E-state index contributed by atoms with van der Waals surface area (Å²) in [6.45, 7) is 6.09. The molecule has 2 nitrogen and oxygen atoms in total. The van der Waals surface area contributed by atoms with Crippen molar-refractivity contribution >= 4 is 21.6 Å². The Morgan fingerprint density at radius 2 is 1.86 bits per heavy atom. The summed E-state index contributed by atoms with van der Waals surface area (Å²) < 4.78 is 1.17. The summed E-state index contributed by atoms with van der Waals surface area (Å²) in [5, 5.41) is 3.18. The molecule has 0 saturated heterocycles. The molecule has 0 fully saturated rings. The molecule has 0 spiro atoms. The minimum Gasteiger partial charge on any atom is -0.370 e. The smallest absolute Gasteiger partial charge is 0.0437 e. The van der Waals surface area contributed by atoms with Crippen molar-refractivity contribution < 1.29 is 0 Å². The van der Waals surface area contributed by atoms with E-state index in [0.717, 1.165) is 13.1 Å². The monoisotopic (exact) mass is 346 g/mol. The van der Waals surface area contributed by atoms with Gasteiger partial charge >= 0.3 is 0 Å². The molecule has 1 N–H and O–H groups in total. The van der Waals surface area contributed by atoms with Gasteiger partial charge < -0.3 is 10.2 Å². The third-order valence-corrected chi connectivity index (χ3v) is 4.41. The molecule has 112 valence electrons. The van der Waals surface area contributed by atoms with Crippen LogP contribution < -0.4 is 10.2 Å². The maximum absolute atomic E-state index is 3.69. The quantitative estimate of drug-likeness (QED) is 0.861. The molecule has 0 bridgehead atoms. The van der Waals surface area contributed by atoms with Crippen LogP contribution in [0.3, 0.4) is 0 Å². The van der Waals surface area contributed by atoms with Crippen molar-refractivity contribution in [3.63, 3.8) is 0 Å². The zero-order valence-electron chi connectivity index (χ0n) is 13.2. The number of hydrogen-bond donors (Lipinski definition) is 1. The zero-order valence-corrected chi connectivity index (χ0v) is 14.8. The van der Waals surface area contributed by atoms with Crippen LogP contribution in [0.4, 0.5) is 5.69 Å². The van der Waals surface area contributed by atoms with Crippen LogP contribution in [-0.2, 0) is 13.1 Å². The highest BCUT2D eigenvalue weighted by molar-refractivity contribution is 9.10. The van der Waals surface area contributed by atoms with E-state index in [4.69, 9.17) is 0 Å². The fraction of sp³-hybridized carbons (Fsp3) is 0.333. The number of rotatable bonds is 5. The van der Waals surface area contributed by atoms with Gasteiger partial charge in [0, 0.05) is 30.3 Å². The Kier molecular flexibility index (Phi) is 5.43. The highest BCUT2D eigenvalue weighted by atomic mass is 79.9. The van der Waals surface area contributed by atoms with Gasteiger partial charge in [0.1, 0.15) is 0 Å². The summed E-state index contributed by atoms with van der Waals surface area (Å²) in [5.41, 5.74) is 6.51. The number of hydrogen-bond acceptors (Lipinski definition) is 2. The normalized spacial score (nSPS) is 10.7. The van der Waals surface area contributed by atoms with Gasteiger partial charge in [-0.25, -0.2) is 0 Å². The summed E-state index contributed by atoms with van der Waals surface area (Å²) in [5.74, 6) is 0. The lowest BCUT2D eigenvalue weighted by molar-refractivity contribution is 0.815. The molecule has 0 unspecified atom stereocenters. The van der Waals surface area contributed by atoms with E-state index in [9.17, 15) is 0 Å². The first-order valence-corrected chi connectivity index (χ1v) is 8.01. The van der Waals surface area contributed by atoms with Crippen LogP contribution in [0.2, 0.25) is 0 Å². The minimum atomic E-state index is 0.893. The average Bonchev–Trinajstić information content (AvgIpc) is 2.42. The molecule has 0 aromatic heterocycles. The standard InChI is InChI=1S/C18H23BrN2/c1-13-5-8-18(14(2)9-13)21(4)12-16-7-6-15(11-20-3)10-17(16)19/h5-10,20H,11-12H2,1-4H3. The van der Waals surface area contributed by atoms with Gasteiger partial charge in [0.05, 0.1) is 0 Å². The lowest BCUT2D eigenvalue weighted by Gasteiger charge is -2.22. The summed E-state index contributed by atoms with van der Waals surface area (Å²) >= 11 is 3.69. The first-order chi connectivity index (χ1) is 10.0. The van der Waals surface area contributed by atoms with Gasteiger partial charge in [0.25, 0.3) is 0 Å². The Morgan fingerprint density at radius 1 is 1.10 bits per heavy atom. The number of nitrogens with zero attached hydrogens (tertiary/aromatic N) is 1.